The van der Waals surface area contributed by atoms with Crippen LogP contribution in [0.25, 0.3) is 10.9 Å². The second kappa shape index (κ2) is 8.34. The van der Waals surface area contributed by atoms with E-state index in [1.807, 2.05) is 0 Å². The van der Waals surface area contributed by atoms with Crippen LogP contribution in [0.3, 0.4) is 0 Å². The molecule has 0 aliphatic heterocycles. The molecular weight excluding hydrogens is 362 g/mol. The number of fused-ring (bicyclic) bond motifs is 1. The Hall–Kier alpha value is -3.68. The lowest BCUT2D eigenvalue weighted by Gasteiger charge is -2.13. The number of amides is 1. The quantitative estimate of drug-likeness (QED) is 0.632. The lowest BCUT2D eigenvalue weighted by molar-refractivity contribution is -0.147. The average molecular weight is 381 g/mol. The first-order chi connectivity index (χ1) is 13.5. The van der Waals surface area contributed by atoms with Crippen LogP contribution in [0, 0.1) is 0 Å². The number of para-hydroxylation sites is 1. The fourth-order valence-corrected chi connectivity index (χ4v) is 2.59. The summed E-state index contributed by atoms with van der Waals surface area (Å²) in [6, 6.07) is 13.4. The summed E-state index contributed by atoms with van der Waals surface area (Å²) in [5.41, 5.74) is 0.593. The van der Waals surface area contributed by atoms with Crippen molar-refractivity contribution in [3.8, 4) is 5.75 Å². The van der Waals surface area contributed by atoms with Crippen LogP contribution in [0.4, 0.5) is 0 Å². The molecule has 0 bridgehead atoms. The Bertz CT molecular complexity index is 1060. The van der Waals surface area contributed by atoms with Crippen molar-refractivity contribution in [2.24, 2.45) is 0 Å². The molecule has 0 saturated carbocycles. The van der Waals surface area contributed by atoms with Gasteiger partial charge in [0.2, 0.25) is 0 Å². The molecule has 0 aliphatic rings. The molecule has 1 amide bonds. The third-order valence-electron chi connectivity index (χ3n) is 4.07. The maximum absolute atomic E-state index is 12.1. The lowest BCUT2D eigenvalue weighted by Crippen LogP contribution is -2.31. The molecule has 2 aromatic carbocycles. The van der Waals surface area contributed by atoms with Gasteiger partial charge < -0.3 is 19.8 Å². The number of ether oxygens (including phenoxy) is 2. The SMILES string of the molecule is COc1ccc(C(=O)NCC(=O)O[C@H](C)c2nc3ccccc3c(=O)[nH]2)cc1. The van der Waals surface area contributed by atoms with Crippen molar-refractivity contribution in [3.05, 3.63) is 70.3 Å². The Kier molecular flexibility index (Phi) is 5.69. The van der Waals surface area contributed by atoms with Gasteiger partial charge in [0.05, 0.1) is 18.0 Å². The van der Waals surface area contributed by atoms with Crippen LogP contribution < -0.4 is 15.6 Å². The number of methoxy groups -OCH3 is 1. The van der Waals surface area contributed by atoms with Crippen molar-refractivity contribution >= 4 is 22.8 Å². The molecule has 2 N–H and O–H groups in total. The standard InChI is InChI=1S/C20H19N3O5/c1-12(18-22-16-6-4-3-5-15(16)20(26)23-18)28-17(24)11-21-19(25)13-7-9-14(27-2)10-8-13/h3-10,12H,11H2,1-2H3,(H,21,25)(H,22,23,26)/t12-/m1/s1. The molecule has 0 radical (unpaired) electrons. The van der Waals surface area contributed by atoms with E-state index in [4.69, 9.17) is 9.47 Å². The first-order valence-corrected chi connectivity index (χ1v) is 8.58. The molecular formula is C20H19N3O5. The number of aromatic amines is 1. The van der Waals surface area contributed by atoms with Crippen LogP contribution in [-0.2, 0) is 9.53 Å². The van der Waals surface area contributed by atoms with Gasteiger partial charge in [-0.2, -0.15) is 0 Å². The second-order valence-electron chi connectivity index (χ2n) is 6.01. The van der Waals surface area contributed by atoms with Crippen LogP contribution >= 0.6 is 0 Å². The summed E-state index contributed by atoms with van der Waals surface area (Å²) < 4.78 is 10.3. The smallest absolute Gasteiger partial charge is 0.326 e. The zero-order valence-electron chi connectivity index (χ0n) is 15.4. The van der Waals surface area contributed by atoms with Gasteiger partial charge in [-0.05, 0) is 43.3 Å². The molecule has 144 valence electrons. The predicted molar refractivity (Wildman–Crippen MR) is 102 cm³/mol. The summed E-state index contributed by atoms with van der Waals surface area (Å²) in [7, 11) is 1.53. The fourth-order valence-electron chi connectivity index (χ4n) is 2.59. The molecule has 8 heteroatoms. The normalized spacial score (nSPS) is 11.6. The van der Waals surface area contributed by atoms with E-state index in [1.165, 1.54) is 7.11 Å². The predicted octanol–water partition coefficient (Wildman–Crippen LogP) is 1.97. The zero-order valence-corrected chi connectivity index (χ0v) is 15.4. The highest BCUT2D eigenvalue weighted by Gasteiger charge is 2.16. The molecule has 8 nitrogen and oxygen atoms in total. The molecule has 3 aromatic rings. The Morgan fingerprint density at radius 2 is 1.86 bits per heavy atom. The fraction of sp³-hybridized carbons (Fsp3) is 0.200. The van der Waals surface area contributed by atoms with Crippen molar-refractivity contribution in [2.45, 2.75) is 13.0 Å². The molecule has 1 aromatic heterocycles. The molecule has 28 heavy (non-hydrogen) atoms. The van der Waals surface area contributed by atoms with Crippen molar-refractivity contribution in [1.82, 2.24) is 15.3 Å². The topological polar surface area (TPSA) is 110 Å². The number of rotatable bonds is 6. The van der Waals surface area contributed by atoms with E-state index in [-0.39, 0.29) is 17.9 Å². The van der Waals surface area contributed by atoms with E-state index in [2.05, 4.69) is 15.3 Å². The number of hydrogen-bond acceptors (Lipinski definition) is 6. The van der Waals surface area contributed by atoms with Crippen molar-refractivity contribution in [3.63, 3.8) is 0 Å². The van der Waals surface area contributed by atoms with E-state index in [9.17, 15) is 14.4 Å². The summed E-state index contributed by atoms with van der Waals surface area (Å²) >= 11 is 0. The van der Waals surface area contributed by atoms with Gasteiger partial charge in [0.1, 0.15) is 12.3 Å². The van der Waals surface area contributed by atoms with Crippen molar-refractivity contribution < 1.29 is 19.1 Å². The number of carbonyl (C=O) groups is 2. The van der Waals surface area contributed by atoms with Gasteiger partial charge in [-0.25, -0.2) is 4.98 Å². The lowest BCUT2D eigenvalue weighted by atomic mass is 10.2. The van der Waals surface area contributed by atoms with E-state index in [1.54, 1.807) is 55.5 Å². The van der Waals surface area contributed by atoms with Crippen molar-refractivity contribution in [2.75, 3.05) is 13.7 Å². The van der Waals surface area contributed by atoms with Crippen LogP contribution in [0.2, 0.25) is 0 Å². The monoisotopic (exact) mass is 381 g/mol. The second-order valence-corrected chi connectivity index (χ2v) is 6.01. The molecule has 0 unspecified atom stereocenters. The number of nitrogens with zero attached hydrogens (tertiary/aromatic N) is 1. The van der Waals surface area contributed by atoms with Gasteiger partial charge in [0.15, 0.2) is 11.9 Å². The minimum absolute atomic E-state index is 0.235. The molecule has 1 atom stereocenters. The molecule has 0 aliphatic carbocycles. The van der Waals surface area contributed by atoms with E-state index in [0.717, 1.165) is 0 Å². The number of nitrogens with one attached hydrogen (secondary N) is 2. The number of hydrogen-bond donors (Lipinski definition) is 2. The number of carbonyl (C=O) groups excluding carboxylic acids is 2. The number of esters is 1. The van der Waals surface area contributed by atoms with Crippen LogP contribution in [-0.4, -0.2) is 35.5 Å². The van der Waals surface area contributed by atoms with E-state index in [0.29, 0.717) is 22.2 Å². The van der Waals surface area contributed by atoms with E-state index >= 15 is 0 Å². The highest BCUT2D eigenvalue weighted by Crippen LogP contribution is 2.14. The molecule has 3 rings (SSSR count). The molecule has 1 heterocycles. The Labute approximate surface area is 160 Å². The van der Waals surface area contributed by atoms with Gasteiger partial charge >= 0.3 is 5.97 Å². The minimum Gasteiger partial charge on any atom is -0.497 e. The van der Waals surface area contributed by atoms with Gasteiger partial charge in [0, 0.05) is 5.56 Å². The third kappa shape index (κ3) is 4.35. The zero-order chi connectivity index (χ0) is 20.1. The average Bonchev–Trinajstić information content (AvgIpc) is 2.72. The molecule has 0 saturated heterocycles. The molecule has 0 spiro atoms. The van der Waals surface area contributed by atoms with Gasteiger partial charge in [-0.15, -0.1) is 0 Å². The summed E-state index contributed by atoms with van der Waals surface area (Å²) in [4.78, 5) is 43.1. The summed E-state index contributed by atoms with van der Waals surface area (Å²) in [6.07, 6.45) is -0.775. The molecule has 0 fully saturated rings. The third-order valence-corrected chi connectivity index (χ3v) is 4.07. The van der Waals surface area contributed by atoms with Crippen LogP contribution in [0.5, 0.6) is 5.75 Å². The van der Waals surface area contributed by atoms with Crippen molar-refractivity contribution in [1.29, 1.82) is 0 Å². The van der Waals surface area contributed by atoms with Crippen LogP contribution in [0.15, 0.2) is 53.3 Å². The Balaban J connectivity index is 1.59. The maximum atomic E-state index is 12.1. The minimum atomic E-state index is -0.775. The van der Waals surface area contributed by atoms with Gasteiger partial charge in [-0.3, -0.25) is 14.4 Å². The summed E-state index contributed by atoms with van der Waals surface area (Å²) in [5, 5.41) is 2.94. The maximum Gasteiger partial charge on any atom is 0.326 e. The van der Waals surface area contributed by atoms with Gasteiger partial charge in [-0.1, -0.05) is 12.1 Å². The van der Waals surface area contributed by atoms with Crippen LogP contribution in [0.1, 0.15) is 29.2 Å². The highest BCUT2D eigenvalue weighted by atomic mass is 16.5. The van der Waals surface area contributed by atoms with Gasteiger partial charge in [0.25, 0.3) is 11.5 Å². The number of H-pyrrole nitrogens is 1. The summed E-state index contributed by atoms with van der Waals surface area (Å²) in [6.45, 7) is 1.28. The first-order valence-electron chi connectivity index (χ1n) is 8.58. The highest BCUT2D eigenvalue weighted by molar-refractivity contribution is 5.96. The number of aromatic nitrogens is 2. The Morgan fingerprint density at radius 1 is 1.14 bits per heavy atom. The van der Waals surface area contributed by atoms with E-state index < -0.39 is 18.0 Å². The first kappa shape index (κ1) is 19.1. The summed E-state index contributed by atoms with van der Waals surface area (Å²) in [5.74, 6) is -0.199. The Morgan fingerprint density at radius 3 is 2.57 bits per heavy atom. The number of benzene rings is 2. The largest absolute Gasteiger partial charge is 0.497 e.